The number of hydrogen-bond acceptors (Lipinski definition) is 6. The first kappa shape index (κ1) is 20.4. The fourth-order valence-corrected chi connectivity index (χ4v) is 4.67. The standard InChI is InChI=1S/C25H21N3O3S/c29-23(17-4-2-1-3-5-17)18-6-8-19(9-7-18)24(30)26-20-10-11-21-22(16-20)32-25(27-21)28-12-14-31-15-13-28/h1-11,16H,12-15H2,(H,26,30). The number of rotatable bonds is 5. The maximum Gasteiger partial charge on any atom is 0.255 e. The molecular weight excluding hydrogens is 422 g/mol. The van der Waals surface area contributed by atoms with E-state index in [1.807, 2.05) is 36.4 Å². The summed E-state index contributed by atoms with van der Waals surface area (Å²) in [6, 6.07) is 21.5. The molecule has 32 heavy (non-hydrogen) atoms. The lowest BCUT2D eigenvalue weighted by Gasteiger charge is -2.25. The van der Waals surface area contributed by atoms with Crippen LogP contribution in [0.15, 0.2) is 72.8 Å². The fraction of sp³-hybridized carbons (Fsp3) is 0.160. The summed E-state index contributed by atoms with van der Waals surface area (Å²) in [7, 11) is 0. The molecule has 1 N–H and O–H groups in total. The zero-order valence-electron chi connectivity index (χ0n) is 17.3. The summed E-state index contributed by atoms with van der Waals surface area (Å²) < 4.78 is 6.43. The zero-order valence-corrected chi connectivity index (χ0v) is 18.1. The molecule has 0 unspecified atom stereocenters. The summed E-state index contributed by atoms with van der Waals surface area (Å²) >= 11 is 1.61. The van der Waals surface area contributed by atoms with Crippen LogP contribution in [0.5, 0.6) is 0 Å². The SMILES string of the molecule is O=C(Nc1ccc2nc(N3CCOCC3)sc2c1)c1ccc(C(=O)c2ccccc2)cc1. The Morgan fingerprint density at radius 3 is 2.31 bits per heavy atom. The molecule has 1 saturated heterocycles. The van der Waals surface area contributed by atoms with Gasteiger partial charge in [0, 0.05) is 35.5 Å². The van der Waals surface area contributed by atoms with Gasteiger partial charge in [0.05, 0.1) is 23.4 Å². The largest absolute Gasteiger partial charge is 0.378 e. The summed E-state index contributed by atoms with van der Waals surface area (Å²) in [5.74, 6) is -0.287. The number of morpholine rings is 1. The van der Waals surface area contributed by atoms with Crippen molar-refractivity contribution in [2.75, 3.05) is 36.5 Å². The van der Waals surface area contributed by atoms with Crippen molar-refractivity contribution in [3.8, 4) is 0 Å². The van der Waals surface area contributed by atoms with Gasteiger partial charge < -0.3 is 15.0 Å². The average Bonchev–Trinajstić information content (AvgIpc) is 3.28. The molecule has 1 aromatic heterocycles. The van der Waals surface area contributed by atoms with Crippen LogP contribution in [0.4, 0.5) is 10.8 Å². The molecule has 160 valence electrons. The lowest BCUT2D eigenvalue weighted by atomic mass is 10.0. The van der Waals surface area contributed by atoms with Gasteiger partial charge in [-0.2, -0.15) is 0 Å². The number of carbonyl (C=O) groups is 2. The second kappa shape index (κ2) is 8.90. The molecule has 0 spiro atoms. The monoisotopic (exact) mass is 443 g/mol. The van der Waals surface area contributed by atoms with E-state index in [0.29, 0.717) is 35.6 Å². The summed E-state index contributed by atoms with van der Waals surface area (Å²) in [6.45, 7) is 3.11. The Balaban J connectivity index is 1.29. The van der Waals surface area contributed by atoms with Crippen molar-refractivity contribution < 1.29 is 14.3 Å². The van der Waals surface area contributed by atoms with E-state index in [2.05, 4.69) is 10.2 Å². The van der Waals surface area contributed by atoms with Crippen LogP contribution < -0.4 is 10.2 Å². The Hall–Kier alpha value is -3.55. The summed E-state index contributed by atoms with van der Waals surface area (Å²) in [6.07, 6.45) is 0. The first-order valence-corrected chi connectivity index (χ1v) is 11.2. The number of carbonyl (C=O) groups excluding carboxylic acids is 2. The topological polar surface area (TPSA) is 71.5 Å². The molecule has 3 aromatic carbocycles. The normalized spacial score (nSPS) is 13.8. The van der Waals surface area contributed by atoms with Gasteiger partial charge in [0.2, 0.25) is 0 Å². The van der Waals surface area contributed by atoms with Gasteiger partial charge in [-0.25, -0.2) is 4.98 Å². The van der Waals surface area contributed by atoms with Crippen LogP contribution in [0.25, 0.3) is 10.2 Å². The van der Waals surface area contributed by atoms with Crippen molar-refractivity contribution in [1.29, 1.82) is 0 Å². The molecule has 6 nitrogen and oxygen atoms in total. The van der Waals surface area contributed by atoms with Crippen molar-refractivity contribution in [3.63, 3.8) is 0 Å². The molecule has 1 amide bonds. The molecule has 0 saturated carbocycles. The van der Waals surface area contributed by atoms with Gasteiger partial charge in [0.15, 0.2) is 10.9 Å². The van der Waals surface area contributed by atoms with E-state index in [-0.39, 0.29) is 11.7 Å². The van der Waals surface area contributed by atoms with Gasteiger partial charge in [-0.05, 0) is 30.3 Å². The number of nitrogens with zero attached hydrogens (tertiary/aromatic N) is 2. The second-order valence-corrected chi connectivity index (χ2v) is 8.51. The number of benzene rings is 3. The number of fused-ring (bicyclic) bond motifs is 1. The van der Waals surface area contributed by atoms with Crippen LogP contribution in [0.3, 0.4) is 0 Å². The van der Waals surface area contributed by atoms with E-state index < -0.39 is 0 Å². The molecule has 4 aromatic rings. The highest BCUT2D eigenvalue weighted by atomic mass is 32.1. The molecule has 1 fully saturated rings. The van der Waals surface area contributed by atoms with Crippen LogP contribution in [-0.2, 0) is 4.74 Å². The number of hydrogen-bond donors (Lipinski definition) is 1. The Morgan fingerprint density at radius 1 is 0.875 bits per heavy atom. The van der Waals surface area contributed by atoms with Crippen molar-refractivity contribution in [2.45, 2.75) is 0 Å². The van der Waals surface area contributed by atoms with Crippen molar-refractivity contribution in [3.05, 3.63) is 89.5 Å². The van der Waals surface area contributed by atoms with E-state index in [0.717, 1.165) is 28.4 Å². The minimum atomic E-state index is -0.221. The average molecular weight is 444 g/mol. The van der Waals surface area contributed by atoms with Gasteiger partial charge >= 0.3 is 0 Å². The molecular formula is C25H21N3O3S. The van der Waals surface area contributed by atoms with E-state index in [1.165, 1.54) is 0 Å². The van der Waals surface area contributed by atoms with Crippen LogP contribution in [0, 0.1) is 0 Å². The van der Waals surface area contributed by atoms with Crippen molar-refractivity contribution in [1.82, 2.24) is 4.98 Å². The number of amides is 1. The maximum atomic E-state index is 12.7. The van der Waals surface area contributed by atoms with Gasteiger partial charge in [-0.3, -0.25) is 9.59 Å². The molecule has 0 aliphatic carbocycles. The number of thiazole rings is 1. The molecule has 5 rings (SSSR count). The van der Waals surface area contributed by atoms with E-state index in [9.17, 15) is 9.59 Å². The number of aromatic nitrogens is 1. The molecule has 0 bridgehead atoms. The minimum Gasteiger partial charge on any atom is -0.378 e. The highest BCUT2D eigenvalue weighted by Crippen LogP contribution is 2.31. The third kappa shape index (κ3) is 4.26. The predicted molar refractivity (Wildman–Crippen MR) is 127 cm³/mol. The second-order valence-electron chi connectivity index (χ2n) is 7.50. The minimum absolute atomic E-state index is 0.0655. The molecule has 0 atom stereocenters. The Bertz CT molecular complexity index is 1260. The van der Waals surface area contributed by atoms with Gasteiger partial charge in [-0.1, -0.05) is 53.8 Å². The van der Waals surface area contributed by atoms with Gasteiger partial charge in [-0.15, -0.1) is 0 Å². The van der Waals surface area contributed by atoms with E-state index in [1.54, 1.807) is 47.7 Å². The van der Waals surface area contributed by atoms with Gasteiger partial charge in [0.1, 0.15) is 0 Å². The first-order valence-electron chi connectivity index (χ1n) is 10.4. The van der Waals surface area contributed by atoms with E-state index >= 15 is 0 Å². The number of ether oxygens (including phenoxy) is 1. The third-order valence-electron chi connectivity index (χ3n) is 5.36. The fourth-order valence-electron chi connectivity index (χ4n) is 3.61. The van der Waals surface area contributed by atoms with Crippen molar-refractivity contribution >= 4 is 44.1 Å². The first-order chi connectivity index (χ1) is 15.7. The van der Waals surface area contributed by atoms with Crippen molar-refractivity contribution in [2.24, 2.45) is 0 Å². The molecule has 1 aliphatic rings. The summed E-state index contributed by atoms with van der Waals surface area (Å²) in [5, 5.41) is 3.92. The highest BCUT2D eigenvalue weighted by molar-refractivity contribution is 7.22. The number of anilines is 2. The quantitative estimate of drug-likeness (QED) is 0.456. The van der Waals surface area contributed by atoms with Crippen LogP contribution in [-0.4, -0.2) is 43.0 Å². The van der Waals surface area contributed by atoms with Crippen LogP contribution in [0.1, 0.15) is 26.3 Å². The molecule has 7 heteroatoms. The molecule has 0 radical (unpaired) electrons. The molecule has 1 aliphatic heterocycles. The Morgan fingerprint density at radius 2 is 1.56 bits per heavy atom. The number of nitrogens with one attached hydrogen (secondary N) is 1. The zero-order chi connectivity index (χ0) is 21.9. The van der Waals surface area contributed by atoms with Crippen LogP contribution >= 0.6 is 11.3 Å². The van der Waals surface area contributed by atoms with Gasteiger partial charge in [0.25, 0.3) is 5.91 Å². The van der Waals surface area contributed by atoms with E-state index in [4.69, 9.17) is 9.72 Å². The molecule has 2 heterocycles. The summed E-state index contributed by atoms with van der Waals surface area (Å²) in [4.78, 5) is 32.2. The Labute approximate surface area is 189 Å². The maximum absolute atomic E-state index is 12.7. The third-order valence-corrected chi connectivity index (χ3v) is 6.44. The number of ketones is 1. The summed E-state index contributed by atoms with van der Waals surface area (Å²) in [5.41, 5.74) is 3.30. The predicted octanol–water partition coefficient (Wildman–Crippen LogP) is 4.62. The lowest BCUT2D eigenvalue weighted by molar-refractivity contribution is 0.102. The Kier molecular flexibility index (Phi) is 5.66. The van der Waals surface area contributed by atoms with Crippen LogP contribution in [0.2, 0.25) is 0 Å². The lowest BCUT2D eigenvalue weighted by Crippen LogP contribution is -2.36. The highest BCUT2D eigenvalue weighted by Gasteiger charge is 2.16. The smallest absolute Gasteiger partial charge is 0.255 e.